The highest BCUT2D eigenvalue weighted by atomic mass is 32.2. The summed E-state index contributed by atoms with van der Waals surface area (Å²) in [4.78, 5) is 22.0. The first kappa shape index (κ1) is 12.0. The molecule has 1 fully saturated rings. The first-order valence-electron chi connectivity index (χ1n) is 5.35. The third kappa shape index (κ3) is 2.79. The largest absolute Gasteiger partial charge is 0.373 e. The number of aromatic nitrogens is 2. The molecule has 1 aromatic heterocycles. The molecule has 0 spiro atoms. The number of hydrogen-bond donors (Lipinski definition) is 2. The molecule has 7 heteroatoms. The Morgan fingerprint density at radius 1 is 1.53 bits per heavy atom. The Hall–Kier alpha value is -1.50. The number of carbonyl (C=O) groups is 1. The molecule has 0 bridgehead atoms. The lowest BCUT2D eigenvalue weighted by molar-refractivity contribution is -0.120. The molecule has 6 nitrogen and oxygen atoms in total. The van der Waals surface area contributed by atoms with Crippen LogP contribution in [0.15, 0.2) is 11.2 Å². The molecule has 92 valence electrons. The Balaban J connectivity index is 2.26. The average Bonchev–Trinajstić information content (AvgIpc) is 2.38. The van der Waals surface area contributed by atoms with Crippen molar-refractivity contribution in [2.75, 3.05) is 43.2 Å². The van der Waals surface area contributed by atoms with Crippen LogP contribution in [0.3, 0.4) is 0 Å². The van der Waals surface area contributed by atoms with Crippen LogP contribution in [0.4, 0.5) is 11.6 Å². The van der Waals surface area contributed by atoms with Gasteiger partial charge in [-0.15, -0.1) is 0 Å². The van der Waals surface area contributed by atoms with Crippen LogP contribution in [0.1, 0.15) is 0 Å². The van der Waals surface area contributed by atoms with Crippen LogP contribution < -0.4 is 15.5 Å². The van der Waals surface area contributed by atoms with Crippen LogP contribution in [0.5, 0.6) is 0 Å². The maximum Gasteiger partial charge on any atom is 0.239 e. The summed E-state index contributed by atoms with van der Waals surface area (Å²) in [6.07, 6.45) is 1.93. The van der Waals surface area contributed by atoms with Gasteiger partial charge in [-0.2, -0.15) is 0 Å². The van der Waals surface area contributed by atoms with Gasteiger partial charge in [0.25, 0.3) is 0 Å². The van der Waals surface area contributed by atoms with Crippen molar-refractivity contribution in [3.63, 3.8) is 0 Å². The zero-order valence-electron chi connectivity index (χ0n) is 9.86. The fourth-order valence-corrected chi connectivity index (χ4v) is 2.00. The Morgan fingerprint density at radius 3 is 3.00 bits per heavy atom. The lowest BCUT2D eigenvalue weighted by atomic mass is 10.3. The van der Waals surface area contributed by atoms with Crippen molar-refractivity contribution in [2.24, 2.45) is 0 Å². The van der Waals surface area contributed by atoms with Gasteiger partial charge in [0, 0.05) is 26.2 Å². The van der Waals surface area contributed by atoms with Crippen LogP contribution in [0.2, 0.25) is 0 Å². The summed E-state index contributed by atoms with van der Waals surface area (Å²) < 4.78 is 0. The van der Waals surface area contributed by atoms with E-state index >= 15 is 0 Å². The first-order chi connectivity index (χ1) is 8.22. The minimum absolute atomic E-state index is 0.0339. The monoisotopic (exact) mass is 253 g/mol. The van der Waals surface area contributed by atoms with Gasteiger partial charge in [-0.3, -0.25) is 4.79 Å². The molecule has 1 aliphatic rings. The van der Waals surface area contributed by atoms with E-state index in [1.807, 2.05) is 24.3 Å². The van der Waals surface area contributed by atoms with Gasteiger partial charge in [0.15, 0.2) is 5.16 Å². The van der Waals surface area contributed by atoms with Gasteiger partial charge in [0.2, 0.25) is 5.91 Å². The molecule has 0 atom stereocenters. The molecular weight excluding hydrogens is 238 g/mol. The highest BCUT2D eigenvalue weighted by Crippen LogP contribution is 2.20. The standard InChI is InChI=1S/C10H15N5OS/c1-11-7-5-8(14-10(13-7)17-2)15-4-3-12-9(16)6-15/h5H,3-4,6H2,1-2H3,(H,12,16)(H,11,13,14). The van der Waals surface area contributed by atoms with Crippen molar-refractivity contribution >= 4 is 29.3 Å². The highest BCUT2D eigenvalue weighted by Gasteiger charge is 2.18. The third-order valence-electron chi connectivity index (χ3n) is 2.49. The highest BCUT2D eigenvalue weighted by molar-refractivity contribution is 7.98. The van der Waals surface area contributed by atoms with E-state index in [9.17, 15) is 4.79 Å². The van der Waals surface area contributed by atoms with E-state index in [0.717, 1.165) is 18.2 Å². The fourth-order valence-electron chi connectivity index (χ4n) is 1.63. The summed E-state index contributed by atoms with van der Waals surface area (Å²) in [6, 6.07) is 1.86. The Labute approximate surface area is 104 Å². The minimum atomic E-state index is 0.0339. The molecule has 2 N–H and O–H groups in total. The Morgan fingerprint density at radius 2 is 2.35 bits per heavy atom. The van der Waals surface area contributed by atoms with E-state index in [2.05, 4.69) is 20.6 Å². The van der Waals surface area contributed by atoms with Gasteiger partial charge in [-0.1, -0.05) is 11.8 Å². The minimum Gasteiger partial charge on any atom is -0.373 e. The van der Waals surface area contributed by atoms with E-state index in [0.29, 0.717) is 18.2 Å². The van der Waals surface area contributed by atoms with E-state index in [-0.39, 0.29) is 5.91 Å². The number of piperazine rings is 1. The molecule has 0 aliphatic carbocycles. The van der Waals surface area contributed by atoms with E-state index < -0.39 is 0 Å². The second-order valence-electron chi connectivity index (χ2n) is 3.62. The predicted molar refractivity (Wildman–Crippen MR) is 68.6 cm³/mol. The van der Waals surface area contributed by atoms with Crippen LogP contribution in [0, 0.1) is 0 Å². The summed E-state index contributed by atoms with van der Waals surface area (Å²) in [5, 5.41) is 6.50. The maximum atomic E-state index is 11.3. The lowest BCUT2D eigenvalue weighted by Gasteiger charge is -2.27. The zero-order chi connectivity index (χ0) is 12.3. The lowest BCUT2D eigenvalue weighted by Crippen LogP contribution is -2.48. The van der Waals surface area contributed by atoms with E-state index in [1.54, 1.807) is 0 Å². The maximum absolute atomic E-state index is 11.3. The number of nitrogens with one attached hydrogen (secondary N) is 2. The SMILES string of the molecule is CNc1cc(N2CCNC(=O)C2)nc(SC)n1. The van der Waals surface area contributed by atoms with Gasteiger partial charge in [0.05, 0.1) is 6.54 Å². The Bertz CT molecular complexity index is 403. The number of nitrogens with zero attached hydrogens (tertiary/aromatic N) is 3. The summed E-state index contributed by atoms with van der Waals surface area (Å²) in [5.74, 6) is 1.60. The van der Waals surface area contributed by atoms with Crippen LogP contribution in [-0.4, -0.2) is 48.8 Å². The van der Waals surface area contributed by atoms with Crippen LogP contribution in [-0.2, 0) is 4.79 Å². The molecule has 0 saturated carbocycles. The Kier molecular flexibility index (Phi) is 3.68. The quantitative estimate of drug-likeness (QED) is 0.591. The van der Waals surface area contributed by atoms with Gasteiger partial charge in [-0.25, -0.2) is 9.97 Å². The number of amides is 1. The second-order valence-corrected chi connectivity index (χ2v) is 4.39. The topological polar surface area (TPSA) is 70.2 Å². The van der Waals surface area contributed by atoms with E-state index in [4.69, 9.17) is 0 Å². The summed E-state index contributed by atoms with van der Waals surface area (Å²) >= 11 is 1.49. The molecule has 1 aliphatic heterocycles. The molecule has 1 aromatic rings. The summed E-state index contributed by atoms with van der Waals surface area (Å²) in [5.41, 5.74) is 0. The number of hydrogen-bond acceptors (Lipinski definition) is 6. The van der Waals surface area contributed by atoms with Crippen molar-refractivity contribution in [3.8, 4) is 0 Å². The second kappa shape index (κ2) is 5.22. The fraction of sp³-hybridized carbons (Fsp3) is 0.500. The molecule has 1 saturated heterocycles. The zero-order valence-corrected chi connectivity index (χ0v) is 10.7. The number of rotatable bonds is 3. The van der Waals surface area contributed by atoms with Crippen LogP contribution >= 0.6 is 11.8 Å². The van der Waals surface area contributed by atoms with Crippen molar-refractivity contribution < 1.29 is 4.79 Å². The van der Waals surface area contributed by atoms with Gasteiger partial charge >= 0.3 is 0 Å². The molecule has 2 rings (SSSR count). The predicted octanol–water partition coefficient (Wildman–Crippen LogP) is 0.176. The molecule has 0 radical (unpaired) electrons. The van der Waals surface area contributed by atoms with Crippen molar-refractivity contribution in [2.45, 2.75) is 5.16 Å². The van der Waals surface area contributed by atoms with Gasteiger partial charge < -0.3 is 15.5 Å². The number of carbonyl (C=O) groups excluding carboxylic acids is 1. The average molecular weight is 253 g/mol. The molecule has 17 heavy (non-hydrogen) atoms. The number of anilines is 2. The van der Waals surface area contributed by atoms with Crippen LogP contribution in [0.25, 0.3) is 0 Å². The smallest absolute Gasteiger partial charge is 0.239 e. The first-order valence-corrected chi connectivity index (χ1v) is 6.58. The molecule has 1 amide bonds. The van der Waals surface area contributed by atoms with Gasteiger partial charge in [0.1, 0.15) is 11.6 Å². The molecule has 2 heterocycles. The molecule has 0 aromatic carbocycles. The molecule has 0 unspecified atom stereocenters. The third-order valence-corrected chi connectivity index (χ3v) is 3.04. The van der Waals surface area contributed by atoms with Crippen molar-refractivity contribution in [1.29, 1.82) is 0 Å². The normalized spacial score (nSPS) is 15.6. The van der Waals surface area contributed by atoms with Crippen molar-refractivity contribution in [3.05, 3.63) is 6.07 Å². The summed E-state index contributed by atoms with van der Waals surface area (Å²) in [6.45, 7) is 1.79. The van der Waals surface area contributed by atoms with Crippen molar-refractivity contribution in [1.82, 2.24) is 15.3 Å². The van der Waals surface area contributed by atoms with E-state index in [1.165, 1.54) is 11.8 Å². The van der Waals surface area contributed by atoms with Gasteiger partial charge in [-0.05, 0) is 6.26 Å². The summed E-state index contributed by atoms with van der Waals surface area (Å²) in [7, 11) is 1.82. The molecular formula is C10H15N5OS. The number of thioether (sulfide) groups is 1.